The molecule has 0 spiro atoms. The molecule has 0 aliphatic carbocycles. The van der Waals surface area contributed by atoms with Gasteiger partial charge in [-0.05, 0) is 31.0 Å². The lowest BCUT2D eigenvalue weighted by molar-refractivity contribution is -0.145. The average molecular weight is 399 g/mol. The summed E-state index contributed by atoms with van der Waals surface area (Å²) in [5, 5.41) is 12.6. The van der Waals surface area contributed by atoms with Crippen LogP contribution in [0, 0.1) is 0 Å². The number of esters is 1. The maximum atomic E-state index is 12.1. The minimum absolute atomic E-state index is 0.0380. The van der Waals surface area contributed by atoms with Gasteiger partial charge in [-0.2, -0.15) is 0 Å². The Morgan fingerprint density at radius 2 is 1.83 bits per heavy atom. The molecule has 2 rings (SSSR count). The van der Waals surface area contributed by atoms with E-state index in [1.807, 2.05) is 6.07 Å². The van der Waals surface area contributed by atoms with Gasteiger partial charge in [-0.25, -0.2) is 0 Å². The summed E-state index contributed by atoms with van der Waals surface area (Å²) in [6.07, 6.45) is 0.119. The molecular formula is C21H25N3O5. The van der Waals surface area contributed by atoms with Crippen LogP contribution in [0.1, 0.15) is 33.2 Å². The molecule has 154 valence electrons. The van der Waals surface area contributed by atoms with Crippen molar-refractivity contribution < 1.29 is 24.2 Å². The van der Waals surface area contributed by atoms with E-state index in [2.05, 4.69) is 5.32 Å². The normalized spacial score (nSPS) is 12.8. The second kappa shape index (κ2) is 10.4. The van der Waals surface area contributed by atoms with Crippen LogP contribution >= 0.6 is 0 Å². The van der Waals surface area contributed by atoms with Gasteiger partial charge in [0.25, 0.3) is 5.91 Å². The van der Waals surface area contributed by atoms with Crippen molar-refractivity contribution in [3.05, 3.63) is 65.2 Å². The van der Waals surface area contributed by atoms with Crippen molar-refractivity contribution in [3.8, 4) is 5.75 Å². The Morgan fingerprint density at radius 3 is 2.48 bits per heavy atom. The number of ketones is 1. The minimum Gasteiger partial charge on any atom is -0.507 e. The highest BCUT2D eigenvalue weighted by Crippen LogP contribution is 2.18. The molecular weight excluding hydrogens is 374 g/mol. The van der Waals surface area contributed by atoms with Gasteiger partial charge >= 0.3 is 5.97 Å². The summed E-state index contributed by atoms with van der Waals surface area (Å²) in [6, 6.07) is 12.0. The van der Waals surface area contributed by atoms with Crippen LogP contribution in [0.25, 0.3) is 0 Å². The van der Waals surface area contributed by atoms with Gasteiger partial charge in [0.05, 0.1) is 12.1 Å². The van der Waals surface area contributed by atoms with Crippen LogP contribution in [-0.2, 0) is 16.0 Å². The molecule has 2 aromatic carbocycles. The first-order valence-electron chi connectivity index (χ1n) is 9.13. The van der Waals surface area contributed by atoms with Gasteiger partial charge in [0.15, 0.2) is 5.78 Å². The lowest BCUT2D eigenvalue weighted by atomic mass is 10.0. The Hall–Kier alpha value is -3.23. The predicted octanol–water partition coefficient (Wildman–Crippen LogP) is 0.765. The molecule has 0 fully saturated rings. The van der Waals surface area contributed by atoms with Crippen molar-refractivity contribution >= 4 is 17.7 Å². The number of carbonyl (C=O) groups excluding carboxylic acids is 3. The molecule has 2 atom stereocenters. The Morgan fingerprint density at radius 1 is 1.14 bits per heavy atom. The van der Waals surface area contributed by atoms with E-state index in [4.69, 9.17) is 16.2 Å². The number of nitrogens with two attached hydrogens (primary N) is 2. The quantitative estimate of drug-likeness (QED) is 0.341. The fourth-order valence-corrected chi connectivity index (χ4v) is 2.61. The zero-order valence-electron chi connectivity index (χ0n) is 16.1. The standard InChI is InChI=1S/C21H25N3O5/c1-13(24-11-19(26)15-5-3-2-4-6-15)12-29-21(28)17(22)10-14-7-8-18(25)16(9-14)20(23)27/h2-9,13,17,24-25H,10-12,22H2,1H3,(H2,23,27)/t13?,17-/m0/s1. The van der Waals surface area contributed by atoms with Gasteiger partial charge in [0.1, 0.15) is 18.4 Å². The topological polar surface area (TPSA) is 145 Å². The Balaban J connectivity index is 1.78. The zero-order chi connectivity index (χ0) is 21.4. The number of phenols is 1. The van der Waals surface area contributed by atoms with Crippen molar-refractivity contribution in [2.75, 3.05) is 13.2 Å². The van der Waals surface area contributed by atoms with E-state index >= 15 is 0 Å². The highest BCUT2D eigenvalue weighted by atomic mass is 16.5. The largest absolute Gasteiger partial charge is 0.507 e. The van der Waals surface area contributed by atoms with Crippen LogP contribution in [0.5, 0.6) is 5.75 Å². The summed E-state index contributed by atoms with van der Waals surface area (Å²) in [5.74, 6) is -1.67. The number of hydrogen-bond acceptors (Lipinski definition) is 7. The molecule has 6 N–H and O–H groups in total. The number of hydrogen-bond donors (Lipinski definition) is 4. The molecule has 0 aliphatic heterocycles. The number of carbonyl (C=O) groups is 3. The fourth-order valence-electron chi connectivity index (χ4n) is 2.61. The van der Waals surface area contributed by atoms with E-state index in [1.165, 1.54) is 12.1 Å². The summed E-state index contributed by atoms with van der Waals surface area (Å²) in [5.41, 5.74) is 12.2. The van der Waals surface area contributed by atoms with E-state index in [9.17, 15) is 19.5 Å². The van der Waals surface area contributed by atoms with Crippen LogP contribution in [0.15, 0.2) is 48.5 Å². The number of Topliss-reactive ketones (excluding diaryl/α,β-unsaturated/α-hetero) is 1. The van der Waals surface area contributed by atoms with E-state index in [0.29, 0.717) is 11.1 Å². The highest BCUT2D eigenvalue weighted by molar-refractivity contribution is 5.97. The first kappa shape index (κ1) is 22.1. The molecule has 1 amide bonds. The molecule has 29 heavy (non-hydrogen) atoms. The van der Waals surface area contributed by atoms with Crippen LogP contribution < -0.4 is 16.8 Å². The van der Waals surface area contributed by atoms with Gasteiger partial charge < -0.3 is 26.6 Å². The van der Waals surface area contributed by atoms with Crippen molar-refractivity contribution in [1.29, 1.82) is 0 Å². The van der Waals surface area contributed by atoms with Gasteiger partial charge in [-0.15, -0.1) is 0 Å². The SMILES string of the molecule is CC(COC(=O)[C@@H](N)Cc1ccc(O)c(C(N)=O)c1)NCC(=O)c1ccccc1. The molecule has 2 aromatic rings. The molecule has 1 unspecified atom stereocenters. The molecule has 8 heteroatoms. The van der Waals surface area contributed by atoms with Crippen LogP contribution in [0.4, 0.5) is 0 Å². The Labute approximate surface area is 168 Å². The second-order valence-corrected chi connectivity index (χ2v) is 6.73. The number of primary amides is 1. The van der Waals surface area contributed by atoms with Gasteiger partial charge in [0.2, 0.25) is 0 Å². The number of ether oxygens (including phenoxy) is 1. The maximum Gasteiger partial charge on any atom is 0.323 e. The summed E-state index contributed by atoms with van der Waals surface area (Å²) < 4.78 is 5.20. The van der Waals surface area contributed by atoms with E-state index in [-0.39, 0.29) is 42.7 Å². The van der Waals surface area contributed by atoms with Crippen LogP contribution in [0.2, 0.25) is 0 Å². The molecule has 0 radical (unpaired) electrons. The van der Waals surface area contributed by atoms with Crippen molar-refractivity contribution in [1.82, 2.24) is 5.32 Å². The predicted molar refractivity (Wildman–Crippen MR) is 108 cm³/mol. The molecule has 0 saturated carbocycles. The third-order valence-electron chi connectivity index (χ3n) is 4.27. The summed E-state index contributed by atoms with van der Waals surface area (Å²) in [4.78, 5) is 35.5. The maximum absolute atomic E-state index is 12.1. The van der Waals surface area contributed by atoms with E-state index < -0.39 is 17.9 Å². The Kier molecular flexibility index (Phi) is 7.88. The molecule has 0 saturated heterocycles. The lowest BCUT2D eigenvalue weighted by Crippen LogP contribution is -2.39. The van der Waals surface area contributed by atoms with Crippen molar-refractivity contribution in [2.24, 2.45) is 11.5 Å². The second-order valence-electron chi connectivity index (χ2n) is 6.73. The minimum atomic E-state index is -0.946. The molecule has 8 nitrogen and oxygen atoms in total. The lowest BCUT2D eigenvalue weighted by Gasteiger charge is -2.16. The summed E-state index contributed by atoms with van der Waals surface area (Å²) >= 11 is 0. The third-order valence-corrected chi connectivity index (χ3v) is 4.27. The smallest absolute Gasteiger partial charge is 0.323 e. The number of aromatic hydroxyl groups is 1. The Bertz CT molecular complexity index is 870. The van der Waals surface area contributed by atoms with Crippen molar-refractivity contribution in [3.63, 3.8) is 0 Å². The summed E-state index contributed by atoms with van der Waals surface area (Å²) in [6.45, 7) is 1.96. The number of rotatable bonds is 10. The number of benzene rings is 2. The van der Waals surface area contributed by atoms with Gasteiger partial charge in [-0.3, -0.25) is 14.4 Å². The summed E-state index contributed by atoms with van der Waals surface area (Å²) in [7, 11) is 0. The highest BCUT2D eigenvalue weighted by Gasteiger charge is 2.18. The van der Waals surface area contributed by atoms with Gasteiger partial charge in [0, 0.05) is 11.6 Å². The first-order valence-corrected chi connectivity index (χ1v) is 9.13. The zero-order valence-corrected chi connectivity index (χ0v) is 16.1. The average Bonchev–Trinajstić information content (AvgIpc) is 2.71. The third kappa shape index (κ3) is 6.70. The molecule has 0 bridgehead atoms. The van der Waals surface area contributed by atoms with Gasteiger partial charge in [-0.1, -0.05) is 36.4 Å². The molecule has 0 heterocycles. The fraction of sp³-hybridized carbons (Fsp3) is 0.286. The molecule has 0 aromatic heterocycles. The first-order chi connectivity index (χ1) is 13.8. The van der Waals surface area contributed by atoms with E-state index in [0.717, 1.165) is 0 Å². The van der Waals surface area contributed by atoms with Crippen LogP contribution in [-0.4, -0.2) is 48.0 Å². The number of amides is 1. The van der Waals surface area contributed by atoms with E-state index in [1.54, 1.807) is 37.3 Å². The molecule has 0 aliphatic rings. The number of nitrogens with one attached hydrogen (secondary N) is 1. The monoisotopic (exact) mass is 399 g/mol. The van der Waals surface area contributed by atoms with Crippen LogP contribution in [0.3, 0.4) is 0 Å². The van der Waals surface area contributed by atoms with Crippen molar-refractivity contribution in [2.45, 2.75) is 25.4 Å².